The van der Waals surface area contributed by atoms with Crippen molar-refractivity contribution in [2.45, 2.75) is 12.1 Å². The van der Waals surface area contributed by atoms with E-state index in [-0.39, 0.29) is 5.16 Å². The zero-order valence-electron chi connectivity index (χ0n) is 8.49. The normalized spacial score (nSPS) is 12.6. The maximum absolute atomic E-state index is 11.5. The summed E-state index contributed by atoms with van der Waals surface area (Å²) in [5.41, 5.74) is 0.713. The SMILES string of the molecule is Cc1cnc(S(=O)(=O)CCS(N)(=O)=O)nc1. The van der Waals surface area contributed by atoms with E-state index in [1.165, 1.54) is 12.4 Å². The molecule has 7 nitrogen and oxygen atoms in total. The monoisotopic (exact) mass is 265 g/mol. The molecule has 0 fully saturated rings. The van der Waals surface area contributed by atoms with Gasteiger partial charge in [0.15, 0.2) is 0 Å². The molecule has 90 valence electrons. The minimum Gasteiger partial charge on any atom is -0.229 e. The standard InChI is InChI=1S/C7H11N3O4S2/c1-6-4-9-7(10-5-6)15(11,12)2-3-16(8,13)14/h4-5H,2-3H2,1H3,(H2,8,13,14). The molecule has 0 radical (unpaired) electrons. The van der Waals surface area contributed by atoms with Crippen LogP contribution >= 0.6 is 0 Å². The Morgan fingerprint density at radius 3 is 2.06 bits per heavy atom. The maximum Gasteiger partial charge on any atom is 0.247 e. The van der Waals surface area contributed by atoms with Crippen molar-refractivity contribution in [3.8, 4) is 0 Å². The first-order valence-corrected chi connectivity index (χ1v) is 7.59. The van der Waals surface area contributed by atoms with E-state index < -0.39 is 31.4 Å². The van der Waals surface area contributed by atoms with Crippen molar-refractivity contribution in [2.75, 3.05) is 11.5 Å². The first-order chi connectivity index (χ1) is 7.21. The molecule has 0 aromatic carbocycles. The largest absolute Gasteiger partial charge is 0.247 e. The van der Waals surface area contributed by atoms with Crippen LogP contribution in [0.1, 0.15) is 5.56 Å². The third-order valence-electron chi connectivity index (χ3n) is 1.67. The predicted octanol–water partition coefficient (Wildman–Crippen LogP) is -1.15. The third-order valence-corrected chi connectivity index (χ3v) is 4.21. The Balaban J connectivity index is 2.91. The maximum atomic E-state index is 11.5. The first kappa shape index (κ1) is 13.0. The van der Waals surface area contributed by atoms with E-state index in [2.05, 4.69) is 9.97 Å². The summed E-state index contributed by atoms with van der Waals surface area (Å²) in [5.74, 6) is -1.26. The van der Waals surface area contributed by atoms with Crippen LogP contribution in [0.3, 0.4) is 0 Å². The molecule has 0 saturated heterocycles. The van der Waals surface area contributed by atoms with Crippen LogP contribution in [-0.2, 0) is 19.9 Å². The van der Waals surface area contributed by atoms with Gasteiger partial charge < -0.3 is 0 Å². The molecule has 0 aliphatic rings. The van der Waals surface area contributed by atoms with Crippen molar-refractivity contribution < 1.29 is 16.8 Å². The molecule has 16 heavy (non-hydrogen) atoms. The molecular weight excluding hydrogens is 254 g/mol. The van der Waals surface area contributed by atoms with Gasteiger partial charge in [0.2, 0.25) is 25.0 Å². The Morgan fingerprint density at radius 2 is 1.62 bits per heavy atom. The zero-order chi connectivity index (χ0) is 12.4. The zero-order valence-corrected chi connectivity index (χ0v) is 10.1. The summed E-state index contributed by atoms with van der Waals surface area (Å²) in [4.78, 5) is 7.23. The highest BCUT2D eigenvalue weighted by molar-refractivity contribution is 7.94. The second kappa shape index (κ2) is 4.44. The number of nitrogens with zero attached hydrogens (tertiary/aromatic N) is 2. The molecular formula is C7H11N3O4S2. The Labute approximate surface area is 93.7 Å². The predicted molar refractivity (Wildman–Crippen MR) is 56.8 cm³/mol. The lowest BCUT2D eigenvalue weighted by molar-refractivity contribution is 0.582. The summed E-state index contributed by atoms with van der Waals surface area (Å²) in [6.45, 7) is 1.71. The van der Waals surface area contributed by atoms with E-state index in [0.29, 0.717) is 5.56 Å². The molecule has 0 saturated carbocycles. The number of hydrogen-bond donors (Lipinski definition) is 1. The van der Waals surface area contributed by atoms with Crippen LogP contribution in [0, 0.1) is 6.92 Å². The third kappa shape index (κ3) is 3.83. The Morgan fingerprint density at radius 1 is 1.12 bits per heavy atom. The summed E-state index contributed by atoms with van der Waals surface area (Å²) >= 11 is 0. The minimum atomic E-state index is -3.81. The smallest absolute Gasteiger partial charge is 0.229 e. The van der Waals surface area contributed by atoms with Gasteiger partial charge in [-0.2, -0.15) is 0 Å². The first-order valence-electron chi connectivity index (χ1n) is 4.22. The van der Waals surface area contributed by atoms with Gasteiger partial charge in [-0.1, -0.05) is 0 Å². The fourth-order valence-electron chi connectivity index (χ4n) is 0.858. The van der Waals surface area contributed by atoms with Gasteiger partial charge in [0, 0.05) is 12.4 Å². The van der Waals surface area contributed by atoms with Crippen molar-refractivity contribution in [1.29, 1.82) is 0 Å². The molecule has 1 aromatic rings. The van der Waals surface area contributed by atoms with Crippen LogP contribution in [0.2, 0.25) is 0 Å². The Kier molecular flexibility index (Phi) is 3.61. The number of hydrogen-bond acceptors (Lipinski definition) is 6. The summed E-state index contributed by atoms with van der Waals surface area (Å²) < 4.78 is 44.4. The van der Waals surface area contributed by atoms with Crippen LogP contribution in [-0.4, -0.2) is 38.3 Å². The van der Waals surface area contributed by atoms with Gasteiger partial charge in [-0.15, -0.1) is 0 Å². The number of aryl methyl sites for hydroxylation is 1. The molecule has 0 amide bonds. The van der Waals surface area contributed by atoms with Crippen LogP contribution in [0.5, 0.6) is 0 Å². The van der Waals surface area contributed by atoms with Crippen LogP contribution in [0.4, 0.5) is 0 Å². The van der Waals surface area contributed by atoms with E-state index in [1.807, 2.05) is 0 Å². The van der Waals surface area contributed by atoms with Crippen molar-refractivity contribution in [3.63, 3.8) is 0 Å². The summed E-state index contributed by atoms with van der Waals surface area (Å²) in [6, 6.07) is 0. The summed E-state index contributed by atoms with van der Waals surface area (Å²) in [5, 5.41) is 4.32. The highest BCUT2D eigenvalue weighted by atomic mass is 32.2. The lowest BCUT2D eigenvalue weighted by atomic mass is 10.4. The molecule has 9 heteroatoms. The molecule has 0 aliphatic carbocycles. The molecule has 2 N–H and O–H groups in total. The highest BCUT2D eigenvalue weighted by Crippen LogP contribution is 2.04. The average molecular weight is 265 g/mol. The second-order valence-electron chi connectivity index (χ2n) is 3.23. The van der Waals surface area contributed by atoms with E-state index in [4.69, 9.17) is 5.14 Å². The Bertz CT molecular complexity index is 562. The van der Waals surface area contributed by atoms with Gasteiger partial charge in [0.25, 0.3) is 0 Å². The van der Waals surface area contributed by atoms with Crippen molar-refractivity contribution in [3.05, 3.63) is 18.0 Å². The quantitative estimate of drug-likeness (QED) is 0.686. The van der Waals surface area contributed by atoms with Crippen LogP contribution in [0.25, 0.3) is 0 Å². The molecule has 0 aliphatic heterocycles. The average Bonchev–Trinajstić information content (AvgIpc) is 2.15. The lowest BCUT2D eigenvalue weighted by Crippen LogP contribution is -2.24. The number of nitrogens with two attached hydrogens (primary N) is 1. The van der Waals surface area contributed by atoms with Crippen LogP contribution in [0.15, 0.2) is 17.6 Å². The number of primary sulfonamides is 1. The fraction of sp³-hybridized carbons (Fsp3) is 0.429. The van der Waals surface area contributed by atoms with Crippen molar-refractivity contribution >= 4 is 19.9 Å². The van der Waals surface area contributed by atoms with Gasteiger partial charge in [-0.25, -0.2) is 31.9 Å². The van der Waals surface area contributed by atoms with Crippen LogP contribution < -0.4 is 5.14 Å². The summed E-state index contributed by atoms with van der Waals surface area (Å²) in [7, 11) is -7.60. The summed E-state index contributed by atoms with van der Waals surface area (Å²) in [6.07, 6.45) is 2.69. The second-order valence-corrected chi connectivity index (χ2v) is 6.97. The van der Waals surface area contributed by atoms with Gasteiger partial charge in [0.1, 0.15) is 0 Å². The fourth-order valence-corrected chi connectivity index (χ4v) is 3.27. The lowest BCUT2D eigenvalue weighted by Gasteiger charge is -2.01. The van der Waals surface area contributed by atoms with Crippen molar-refractivity contribution in [2.24, 2.45) is 5.14 Å². The number of aromatic nitrogens is 2. The van der Waals surface area contributed by atoms with E-state index in [9.17, 15) is 16.8 Å². The molecule has 1 rings (SSSR count). The van der Waals surface area contributed by atoms with E-state index >= 15 is 0 Å². The van der Waals surface area contributed by atoms with E-state index in [1.54, 1.807) is 6.92 Å². The number of sulfone groups is 1. The topological polar surface area (TPSA) is 120 Å². The van der Waals surface area contributed by atoms with Gasteiger partial charge in [0.05, 0.1) is 11.5 Å². The van der Waals surface area contributed by atoms with Crippen molar-refractivity contribution in [1.82, 2.24) is 9.97 Å². The minimum absolute atomic E-state index is 0.387. The highest BCUT2D eigenvalue weighted by Gasteiger charge is 2.20. The number of rotatable bonds is 4. The number of sulfonamides is 1. The van der Waals surface area contributed by atoms with Gasteiger partial charge in [-0.05, 0) is 12.5 Å². The molecule has 1 heterocycles. The van der Waals surface area contributed by atoms with Gasteiger partial charge in [-0.3, -0.25) is 0 Å². The van der Waals surface area contributed by atoms with E-state index in [0.717, 1.165) is 0 Å². The molecule has 0 bridgehead atoms. The van der Waals surface area contributed by atoms with Gasteiger partial charge >= 0.3 is 0 Å². The molecule has 0 spiro atoms. The molecule has 0 unspecified atom stereocenters. The Hall–Kier alpha value is -1.06. The molecule has 1 aromatic heterocycles. The molecule has 0 atom stereocenters.